The smallest absolute Gasteiger partial charge is 0.305 e. The van der Waals surface area contributed by atoms with Gasteiger partial charge in [0.15, 0.2) is 0 Å². The van der Waals surface area contributed by atoms with Crippen LogP contribution in [0.5, 0.6) is 0 Å². The second-order valence-electron chi connectivity index (χ2n) is 8.33. The van der Waals surface area contributed by atoms with E-state index in [0.29, 0.717) is 13.0 Å². The molecule has 0 fully saturated rings. The van der Waals surface area contributed by atoms with E-state index in [4.69, 9.17) is 4.74 Å². The highest BCUT2D eigenvalue weighted by molar-refractivity contribution is 5.69. The molecule has 0 aliphatic heterocycles. The maximum Gasteiger partial charge on any atom is 0.305 e. The van der Waals surface area contributed by atoms with Crippen LogP contribution >= 0.6 is 0 Å². The summed E-state index contributed by atoms with van der Waals surface area (Å²) >= 11 is 0. The first kappa shape index (κ1) is 26.5. The molecular formula is C25H50O2. The van der Waals surface area contributed by atoms with Gasteiger partial charge in [0.1, 0.15) is 0 Å². The first-order valence-electron chi connectivity index (χ1n) is 12.5. The van der Waals surface area contributed by atoms with E-state index < -0.39 is 0 Å². The molecule has 0 rings (SSSR count). The van der Waals surface area contributed by atoms with Crippen molar-refractivity contribution in [2.45, 2.75) is 149 Å². The molecule has 0 aliphatic carbocycles. The minimum absolute atomic E-state index is 0.0110. The molecule has 0 atom stereocenters. The number of unbranched alkanes of at least 4 members (excludes halogenated alkanes) is 18. The van der Waals surface area contributed by atoms with Gasteiger partial charge in [-0.25, -0.2) is 0 Å². The van der Waals surface area contributed by atoms with E-state index in [9.17, 15) is 4.79 Å². The highest BCUT2D eigenvalue weighted by Gasteiger charge is 2.02. The van der Waals surface area contributed by atoms with Crippen LogP contribution in [0.15, 0.2) is 0 Å². The van der Waals surface area contributed by atoms with Crippen molar-refractivity contribution in [3.8, 4) is 0 Å². The summed E-state index contributed by atoms with van der Waals surface area (Å²) in [6, 6.07) is 0. The fraction of sp³-hybridized carbons (Fsp3) is 0.960. The second kappa shape index (κ2) is 23.5. The Balaban J connectivity index is 3.09. The lowest BCUT2D eigenvalue weighted by Crippen LogP contribution is -2.05. The molecule has 27 heavy (non-hydrogen) atoms. The van der Waals surface area contributed by atoms with Gasteiger partial charge in [-0.1, -0.05) is 129 Å². The van der Waals surface area contributed by atoms with E-state index in [1.54, 1.807) is 0 Å². The van der Waals surface area contributed by atoms with Crippen LogP contribution in [0.25, 0.3) is 0 Å². The Bertz CT molecular complexity index is 288. The van der Waals surface area contributed by atoms with Crippen molar-refractivity contribution in [2.24, 2.45) is 0 Å². The average Bonchev–Trinajstić information content (AvgIpc) is 2.67. The lowest BCUT2D eigenvalue weighted by molar-refractivity contribution is -0.143. The van der Waals surface area contributed by atoms with Crippen LogP contribution in [-0.2, 0) is 9.53 Å². The molecule has 0 spiro atoms. The van der Waals surface area contributed by atoms with Gasteiger partial charge in [0, 0.05) is 6.42 Å². The molecule has 0 aromatic rings. The molecule has 2 heteroatoms. The zero-order chi connectivity index (χ0) is 19.8. The van der Waals surface area contributed by atoms with Crippen LogP contribution in [0, 0.1) is 0 Å². The van der Waals surface area contributed by atoms with Crippen molar-refractivity contribution in [1.29, 1.82) is 0 Å². The Morgan fingerprint density at radius 3 is 1.22 bits per heavy atom. The molecule has 0 N–H and O–H groups in total. The topological polar surface area (TPSA) is 26.3 Å². The number of ether oxygens (including phenoxy) is 1. The van der Waals surface area contributed by atoms with E-state index in [1.165, 1.54) is 116 Å². The molecule has 0 aliphatic rings. The Hall–Kier alpha value is -0.530. The van der Waals surface area contributed by atoms with Crippen molar-refractivity contribution in [1.82, 2.24) is 0 Å². The molecule has 0 aromatic carbocycles. The van der Waals surface area contributed by atoms with E-state index in [2.05, 4.69) is 13.8 Å². The summed E-state index contributed by atoms with van der Waals surface area (Å²) in [6.07, 6.45) is 27.2. The highest BCUT2D eigenvalue weighted by Crippen LogP contribution is 2.14. The quantitative estimate of drug-likeness (QED) is 0.138. The summed E-state index contributed by atoms with van der Waals surface area (Å²) in [5.74, 6) is 0.0110. The lowest BCUT2D eigenvalue weighted by Gasteiger charge is -2.05. The summed E-state index contributed by atoms with van der Waals surface area (Å²) in [6.45, 7) is 5.11. The third-order valence-corrected chi connectivity index (χ3v) is 5.50. The summed E-state index contributed by atoms with van der Waals surface area (Å²) < 4.78 is 5.27. The molecule has 0 saturated carbocycles. The number of hydrogen-bond acceptors (Lipinski definition) is 2. The fourth-order valence-electron chi connectivity index (χ4n) is 3.60. The molecule has 0 heterocycles. The van der Waals surface area contributed by atoms with Gasteiger partial charge in [-0.3, -0.25) is 4.79 Å². The minimum atomic E-state index is 0.0110. The zero-order valence-corrected chi connectivity index (χ0v) is 18.9. The van der Waals surface area contributed by atoms with Gasteiger partial charge in [-0.15, -0.1) is 0 Å². The maximum absolute atomic E-state index is 11.6. The van der Waals surface area contributed by atoms with Gasteiger partial charge in [0.05, 0.1) is 6.61 Å². The van der Waals surface area contributed by atoms with Crippen molar-refractivity contribution < 1.29 is 9.53 Å². The van der Waals surface area contributed by atoms with Crippen LogP contribution in [0.4, 0.5) is 0 Å². The largest absolute Gasteiger partial charge is 0.466 e. The van der Waals surface area contributed by atoms with Crippen molar-refractivity contribution >= 4 is 5.97 Å². The van der Waals surface area contributed by atoms with E-state index in [-0.39, 0.29) is 5.97 Å². The minimum Gasteiger partial charge on any atom is -0.466 e. The molecule has 0 amide bonds. The van der Waals surface area contributed by atoms with Crippen LogP contribution < -0.4 is 0 Å². The Labute approximate surface area is 171 Å². The SMILES string of the molecule is CCCCCCCCCCCCCCCCCCC(=O)OCCCCCC. The third-order valence-electron chi connectivity index (χ3n) is 5.50. The second-order valence-corrected chi connectivity index (χ2v) is 8.33. The van der Waals surface area contributed by atoms with E-state index >= 15 is 0 Å². The Morgan fingerprint density at radius 1 is 0.481 bits per heavy atom. The number of carbonyl (C=O) groups excluding carboxylic acids is 1. The van der Waals surface area contributed by atoms with E-state index in [1.807, 2.05) is 0 Å². The van der Waals surface area contributed by atoms with Crippen LogP contribution in [-0.4, -0.2) is 12.6 Å². The van der Waals surface area contributed by atoms with Crippen LogP contribution in [0.1, 0.15) is 149 Å². The zero-order valence-electron chi connectivity index (χ0n) is 18.9. The van der Waals surface area contributed by atoms with Crippen LogP contribution in [0.2, 0.25) is 0 Å². The monoisotopic (exact) mass is 382 g/mol. The normalized spacial score (nSPS) is 11.0. The molecule has 0 bridgehead atoms. The first-order chi connectivity index (χ1) is 13.3. The number of carbonyl (C=O) groups is 1. The Kier molecular flexibility index (Phi) is 23.0. The summed E-state index contributed by atoms with van der Waals surface area (Å²) in [5.41, 5.74) is 0. The molecule has 0 saturated heterocycles. The van der Waals surface area contributed by atoms with Gasteiger partial charge in [-0.2, -0.15) is 0 Å². The maximum atomic E-state index is 11.6. The predicted molar refractivity (Wildman–Crippen MR) is 119 cm³/mol. The molecule has 0 aromatic heterocycles. The average molecular weight is 383 g/mol. The highest BCUT2D eigenvalue weighted by atomic mass is 16.5. The molecule has 0 radical (unpaired) electrons. The standard InChI is InChI=1S/C25H50O2/c1-3-5-7-9-10-11-12-13-14-15-16-17-18-19-20-21-23-25(26)27-24-22-8-6-4-2/h3-24H2,1-2H3. The van der Waals surface area contributed by atoms with Crippen molar-refractivity contribution in [2.75, 3.05) is 6.61 Å². The van der Waals surface area contributed by atoms with Gasteiger partial charge < -0.3 is 4.74 Å². The molecule has 0 unspecified atom stereocenters. The van der Waals surface area contributed by atoms with Gasteiger partial charge in [0.2, 0.25) is 0 Å². The molecule has 2 nitrogen and oxygen atoms in total. The van der Waals surface area contributed by atoms with E-state index in [0.717, 1.165) is 12.8 Å². The van der Waals surface area contributed by atoms with Gasteiger partial charge in [-0.05, 0) is 12.8 Å². The summed E-state index contributed by atoms with van der Waals surface area (Å²) in [5, 5.41) is 0. The number of hydrogen-bond donors (Lipinski definition) is 0. The fourth-order valence-corrected chi connectivity index (χ4v) is 3.60. The lowest BCUT2D eigenvalue weighted by atomic mass is 10.0. The summed E-state index contributed by atoms with van der Waals surface area (Å²) in [7, 11) is 0. The van der Waals surface area contributed by atoms with Crippen molar-refractivity contribution in [3.05, 3.63) is 0 Å². The number of rotatable bonds is 22. The molecular weight excluding hydrogens is 332 g/mol. The van der Waals surface area contributed by atoms with Crippen molar-refractivity contribution in [3.63, 3.8) is 0 Å². The van der Waals surface area contributed by atoms with Gasteiger partial charge >= 0.3 is 5.97 Å². The summed E-state index contributed by atoms with van der Waals surface area (Å²) in [4.78, 5) is 11.6. The predicted octanol–water partition coefficient (Wildman–Crippen LogP) is 8.76. The van der Waals surface area contributed by atoms with Gasteiger partial charge in [0.25, 0.3) is 0 Å². The first-order valence-corrected chi connectivity index (χ1v) is 12.5. The molecule has 162 valence electrons. The number of esters is 1. The van der Waals surface area contributed by atoms with Crippen LogP contribution in [0.3, 0.4) is 0 Å². The Morgan fingerprint density at radius 2 is 0.815 bits per heavy atom. The third kappa shape index (κ3) is 23.4.